The third-order valence-electron chi connectivity index (χ3n) is 7.70. The molecule has 0 aliphatic heterocycles. The number of aryl methyl sites for hydroxylation is 1. The highest BCUT2D eigenvalue weighted by Gasteiger charge is 2.44. The van der Waals surface area contributed by atoms with E-state index in [1.165, 1.54) is 5.56 Å². The van der Waals surface area contributed by atoms with Crippen LogP contribution >= 0.6 is 23.4 Å². The minimum Gasteiger partial charge on any atom is -0.286 e. The van der Waals surface area contributed by atoms with Gasteiger partial charge in [-0.1, -0.05) is 78.5 Å². The summed E-state index contributed by atoms with van der Waals surface area (Å²) in [4.78, 5) is 32.8. The van der Waals surface area contributed by atoms with Crippen LogP contribution < -0.4 is 5.56 Å². The number of halogens is 1. The Kier molecular flexibility index (Phi) is 6.29. The number of carbonyl (C=O) groups is 1. The molecule has 0 radical (unpaired) electrons. The largest absolute Gasteiger partial charge is 0.286 e. The molecule has 0 N–H and O–H groups in total. The van der Waals surface area contributed by atoms with E-state index in [2.05, 4.69) is 18.2 Å². The smallest absolute Gasteiger partial charge is 0.263 e. The van der Waals surface area contributed by atoms with Crippen LogP contribution in [0.4, 0.5) is 0 Å². The molecule has 37 heavy (non-hydrogen) atoms. The van der Waals surface area contributed by atoms with Gasteiger partial charge in [-0.2, -0.15) is 0 Å². The Bertz CT molecular complexity index is 1550. The topological polar surface area (TPSA) is 52.0 Å². The summed E-state index contributed by atoms with van der Waals surface area (Å²) in [6.07, 6.45) is 5.29. The minimum absolute atomic E-state index is 0.0490. The summed E-state index contributed by atoms with van der Waals surface area (Å²) in [7, 11) is 0. The van der Waals surface area contributed by atoms with E-state index in [4.69, 9.17) is 16.6 Å². The van der Waals surface area contributed by atoms with Gasteiger partial charge in [-0.05, 0) is 73.3 Å². The van der Waals surface area contributed by atoms with Crippen LogP contribution in [0.25, 0.3) is 16.9 Å². The summed E-state index contributed by atoms with van der Waals surface area (Å²) in [5.41, 5.74) is 6.28. The molecular formula is C31H27ClN2O2S. The van der Waals surface area contributed by atoms with Crippen molar-refractivity contribution in [2.75, 3.05) is 0 Å². The summed E-state index contributed by atoms with van der Waals surface area (Å²) < 4.78 is 1.66. The quantitative estimate of drug-likeness (QED) is 0.210. The molecule has 0 amide bonds. The zero-order chi connectivity index (χ0) is 25.6. The fraction of sp³-hybridized carbons (Fsp3) is 0.258. The van der Waals surface area contributed by atoms with Crippen molar-refractivity contribution in [3.8, 4) is 16.9 Å². The molecule has 1 aromatic heterocycles. The Labute approximate surface area is 225 Å². The van der Waals surface area contributed by atoms with Gasteiger partial charge in [-0.3, -0.25) is 14.2 Å². The number of carbonyl (C=O) groups excluding carboxylic acids is 1. The number of thioether (sulfide) groups is 1. The van der Waals surface area contributed by atoms with Crippen molar-refractivity contribution in [3.63, 3.8) is 0 Å². The van der Waals surface area contributed by atoms with Crippen molar-refractivity contribution in [2.45, 2.75) is 56.0 Å². The van der Waals surface area contributed by atoms with E-state index in [1.54, 1.807) is 16.7 Å². The van der Waals surface area contributed by atoms with Gasteiger partial charge in [0.2, 0.25) is 5.12 Å². The first-order valence-electron chi connectivity index (χ1n) is 12.7. The molecule has 6 rings (SSSR count). The highest BCUT2D eigenvalue weighted by Crippen LogP contribution is 2.50. The van der Waals surface area contributed by atoms with Crippen molar-refractivity contribution in [3.05, 3.63) is 110 Å². The van der Waals surface area contributed by atoms with Gasteiger partial charge >= 0.3 is 0 Å². The fourth-order valence-electron chi connectivity index (χ4n) is 5.91. The molecule has 1 spiro atoms. The first-order chi connectivity index (χ1) is 17.9. The predicted octanol–water partition coefficient (Wildman–Crippen LogP) is 7.09. The lowest BCUT2D eigenvalue weighted by Crippen LogP contribution is -2.40. The summed E-state index contributed by atoms with van der Waals surface area (Å²) in [6, 6.07) is 23.4. The molecule has 6 heteroatoms. The van der Waals surface area contributed by atoms with Gasteiger partial charge in [0.15, 0.2) is 5.16 Å². The van der Waals surface area contributed by atoms with Crippen molar-refractivity contribution < 1.29 is 4.79 Å². The van der Waals surface area contributed by atoms with Crippen LogP contribution in [-0.4, -0.2) is 14.7 Å². The monoisotopic (exact) mass is 526 g/mol. The number of benzene rings is 3. The standard InChI is InChI=1S/C31H27ClN2O2S/c1-20-8-14-24(15-9-20)34-29(36)27-28(25-7-3-2-6-22(25)19-31(27)16-4-5-17-31)33-30(34)37-26(35)18-21-10-12-23(32)13-11-21/h2-3,6-15H,4-5,16-19H2,1H3. The lowest BCUT2D eigenvalue weighted by Gasteiger charge is -2.36. The Morgan fingerprint density at radius 2 is 1.70 bits per heavy atom. The second-order valence-corrected chi connectivity index (χ2v) is 11.7. The molecule has 3 aromatic carbocycles. The average Bonchev–Trinajstić information content (AvgIpc) is 3.34. The molecule has 4 nitrogen and oxygen atoms in total. The highest BCUT2D eigenvalue weighted by atomic mass is 35.5. The lowest BCUT2D eigenvalue weighted by atomic mass is 9.68. The summed E-state index contributed by atoms with van der Waals surface area (Å²) in [5, 5.41) is 0.971. The van der Waals surface area contributed by atoms with Gasteiger partial charge in [0.25, 0.3) is 5.56 Å². The van der Waals surface area contributed by atoms with Crippen molar-refractivity contribution >= 4 is 28.5 Å². The second-order valence-electron chi connectivity index (χ2n) is 10.2. The third kappa shape index (κ3) is 4.45. The molecule has 2 aliphatic carbocycles. The Morgan fingerprint density at radius 3 is 2.43 bits per heavy atom. The number of hydrogen-bond acceptors (Lipinski definition) is 4. The van der Waals surface area contributed by atoms with Crippen LogP contribution in [0.15, 0.2) is 82.7 Å². The number of nitrogens with zero attached hydrogens (tertiary/aromatic N) is 2. The molecule has 0 saturated heterocycles. The Hall–Kier alpha value is -3.15. The maximum atomic E-state index is 14.5. The maximum Gasteiger partial charge on any atom is 0.263 e. The van der Waals surface area contributed by atoms with Crippen LogP contribution in [0.2, 0.25) is 5.02 Å². The zero-order valence-corrected chi connectivity index (χ0v) is 22.2. The number of aromatic nitrogens is 2. The fourth-order valence-corrected chi connectivity index (χ4v) is 6.89. The first kappa shape index (κ1) is 24.2. The van der Waals surface area contributed by atoms with Gasteiger partial charge in [0.1, 0.15) is 0 Å². The third-order valence-corrected chi connectivity index (χ3v) is 8.78. The van der Waals surface area contributed by atoms with Gasteiger partial charge in [-0.25, -0.2) is 4.98 Å². The van der Waals surface area contributed by atoms with Crippen LogP contribution in [0, 0.1) is 6.92 Å². The second kappa shape index (κ2) is 9.62. The maximum absolute atomic E-state index is 14.5. The molecule has 1 fully saturated rings. The molecule has 1 saturated carbocycles. The molecule has 4 aromatic rings. The van der Waals surface area contributed by atoms with Crippen LogP contribution in [0.1, 0.15) is 47.9 Å². The predicted molar refractivity (Wildman–Crippen MR) is 150 cm³/mol. The molecule has 0 atom stereocenters. The molecule has 0 unspecified atom stereocenters. The molecule has 2 aliphatic rings. The zero-order valence-electron chi connectivity index (χ0n) is 20.7. The van der Waals surface area contributed by atoms with Crippen molar-refractivity contribution in [1.29, 1.82) is 0 Å². The van der Waals surface area contributed by atoms with Crippen LogP contribution in [0.5, 0.6) is 0 Å². The van der Waals surface area contributed by atoms with E-state index in [0.29, 0.717) is 10.2 Å². The SMILES string of the molecule is Cc1ccc(-n2c(SC(=O)Cc3ccc(Cl)cc3)nc3c(c2=O)C2(CCCC2)Cc2ccccc2-3)cc1. The van der Waals surface area contributed by atoms with E-state index in [1.807, 2.05) is 49.4 Å². The number of fused-ring (bicyclic) bond motifs is 4. The molecule has 0 bridgehead atoms. The van der Waals surface area contributed by atoms with E-state index in [-0.39, 0.29) is 22.5 Å². The number of rotatable bonds is 4. The molecule has 1 heterocycles. The van der Waals surface area contributed by atoms with Crippen LogP contribution in [-0.2, 0) is 23.1 Å². The average molecular weight is 527 g/mol. The van der Waals surface area contributed by atoms with Crippen molar-refractivity contribution in [1.82, 2.24) is 9.55 Å². The van der Waals surface area contributed by atoms with E-state index in [0.717, 1.165) is 77.5 Å². The Balaban J connectivity index is 1.53. The minimum atomic E-state index is -0.198. The normalized spacial score (nSPS) is 15.4. The summed E-state index contributed by atoms with van der Waals surface area (Å²) >= 11 is 7.06. The van der Waals surface area contributed by atoms with E-state index in [9.17, 15) is 9.59 Å². The highest BCUT2D eigenvalue weighted by molar-refractivity contribution is 8.13. The van der Waals surface area contributed by atoms with Gasteiger partial charge < -0.3 is 0 Å². The van der Waals surface area contributed by atoms with Crippen LogP contribution in [0.3, 0.4) is 0 Å². The van der Waals surface area contributed by atoms with Gasteiger partial charge in [0.05, 0.1) is 16.9 Å². The van der Waals surface area contributed by atoms with E-state index < -0.39 is 0 Å². The molecule has 186 valence electrons. The summed E-state index contributed by atoms with van der Waals surface area (Å²) in [5.74, 6) is 0. The Morgan fingerprint density at radius 1 is 1.00 bits per heavy atom. The van der Waals surface area contributed by atoms with Gasteiger partial charge in [-0.15, -0.1) is 0 Å². The van der Waals surface area contributed by atoms with Gasteiger partial charge in [0, 0.05) is 22.4 Å². The summed E-state index contributed by atoms with van der Waals surface area (Å²) in [6.45, 7) is 2.02. The van der Waals surface area contributed by atoms with E-state index >= 15 is 0 Å². The molecular weight excluding hydrogens is 500 g/mol. The van der Waals surface area contributed by atoms with Crippen molar-refractivity contribution in [2.24, 2.45) is 0 Å². The number of hydrogen-bond donors (Lipinski definition) is 0. The lowest BCUT2D eigenvalue weighted by molar-refractivity contribution is -0.110. The first-order valence-corrected chi connectivity index (χ1v) is 13.9.